The number of alkyl halides is 12. The van der Waals surface area contributed by atoms with E-state index in [1.807, 2.05) is 0 Å². The Morgan fingerprint density at radius 1 is 0.327 bits per heavy atom. The fraction of sp³-hybridized carbons (Fsp3) is 0.333. The van der Waals surface area contributed by atoms with Crippen LogP contribution in [0.4, 0.5) is 52.7 Å². The first-order chi connectivity index (χ1) is 24.0. The molecule has 4 aromatic carbocycles. The molecule has 0 amide bonds. The zero-order valence-corrected chi connectivity index (χ0v) is 27.3. The van der Waals surface area contributed by atoms with Gasteiger partial charge in [0.15, 0.2) is 0 Å². The molecule has 0 aliphatic heterocycles. The van der Waals surface area contributed by atoms with Gasteiger partial charge in [-0.1, -0.05) is 86.7 Å². The molecule has 2 radical (unpaired) electrons. The first-order valence-corrected chi connectivity index (χ1v) is 16.0. The Bertz CT molecular complexity index is 1480. The van der Waals surface area contributed by atoms with Crippen LogP contribution in [0.1, 0.15) is 57.3 Å². The second-order valence-electron chi connectivity index (χ2n) is 12.5. The van der Waals surface area contributed by atoms with Crippen molar-refractivity contribution < 1.29 is 52.7 Å². The molecule has 0 saturated carbocycles. The van der Waals surface area contributed by atoms with Gasteiger partial charge in [-0.25, -0.2) is 0 Å². The molecule has 0 bridgehead atoms. The van der Waals surface area contributed by atoms with Crippen molar-refractivity contribution in [1.29, 1.82) is 0 Å². The Kier molecular flexibility index (Phi) is 12.3. The van der Waals surface area contributed by atoms with Crippen molar-refractivity contribution in [1.82, 2.24) is 0 Å². The summed E-state index contributed by atoms with van der Waals surface area (Å²) in [6.07, 6.45) is -16.2. The van der Waals surface area contributed by atoms with E-state index in [4.69, 9.17) is 11.5 Å². The maximum Gasteiger partial charge on any atom is 0.416 e. The van der Waals surface area contributed by atoms with Gasteiger partial charge in [0.25, 0.3) is 0 Å². The third-order valence-corrected chi connectivity index (χ3v) is 8.91. The van der Waals surface area contributed by atoms with Crippen LogP contribution in [0.15, 0.2) is 97.1 Å². The standard InChI is InChI=1S/C36H32B2F12N2/c39-33(40,41)27-11-3-23(4-12-27)31(51,24-5-13-28(14-6-24)34(42,43)44)21-37-19-1-2-20-38-22-32(52,25-7-15-29(16-8-25)35(45,46)47)26-9-17-30(18-10-26)36(48,49)50/h3-18H,1-2,19-22,51-52H2. The fourth-order valence-corrected chi connectivity index (χ4v) is 5.87. The van der Waals surface area contributed by atoms with Crippen molar-refractivity contribution in [2.75, 3.05) is 0 Å². The highest BCUT2D eigenvalue weighted by Gasteiger charge is 2.37. The molecular weight excluding hydrogens is 710 g/mol. The Hall–Kier alpha value is -3.91. The topological polar surface area (TPSA) is 52.0 Å². The number of hydrogen-bond donors (Lipinski definition) is 2. The van der Waals surface area contributed by atoms with Crippen LogP contribution in [-0.4, -0.2) is 14.6 Å². The number of hydrogen-bond acceptors (Lipinski definition) is 2. The Morgan fingerprint density at radius 2 is 0.500 bits per heavy atom. The van der Waals surface area contributed by atoms with Crippen LogP contribution >= 0.6 is 0 Å². The molecule has 0 atom stereocenters. The molecule has 0 aromatic heterocycles. The summed E-state index contributed by atoms with van der Waals surface area (Å²) in [5, 5.41) is 0. The maximum absolute atomic E-state index is 13.2. The van der Waals surface area contributed by atoms with E-state index in [0.717, 1.165) is 48.5 Å². The van der Waals surface area contributed by atoms with Gasteiger partial charge in [0, 0.05) is 0 Å². The largest absolute Gasteiger partial charge is 0.416 e. The number of benzene rings is 4. The number of halogens is 12. The summed E-state index contributed by atoms with van der Waals surface area (Å²) in [4.78, 5) is 0. The lowest BCUT2D eigenvalue weighted by atomic mass is 9.58. The van der Waals surface area contributed by atoms with Gasteiger partial charge in [-0.2, -0.15) is 52.7 Å². The highest BCUT2D eigenvalue weighted by atomic mass is 19.4. The summed E-state index contributed by atoms with van der Waals surface area (Å²) in [5.74, 6) is 0. The van der Waals surface area contributed by atoms with Crippen molar-refractivity contribution in [3.8, 4) is 0 Å². The van der Waals surface area contributed by atoms with Crippen LogP contribution in [0.5, 0.6) is 0 Å². The first-order valence-electron chi connectivity index (χ1n) is 16.0. The third-order valence-electron chi connectivity index (χ3n) is 8.91. The number of nitrogens with two attached hydrogens (primary N) is 2. The summed E-state index contributed by atoms with van der Waals surface area (Å²) in [7, 11) is 3.57. The highest BCUT2D eigenvalue weighted by Crippen LogP contribution is 2.39. The normalized spacial score (nSPS) is 13.3. The molecule has 4 aromatic rings. The van der Waals surface area contributed by atoms with Crippen LogP contribution < -0.4 is 11.5 Å². The summed E-state index contributed by atoms with van der Waals surface area (Å²) in [6, 6.07) is 16.3. The van der Waals surface area contributed by atoms with Crippen LogP contribution in [0, 0.1) is 0 Å². The van der Waals surface area contributed by atoms with E-state index >= 15 is 0 Å². The zero-order chi connectivity index (χ0) is 38.6. The molecule has 4 rings (SSSR count). The van der Waals surface area contributed by atoms with Crippen LogP contribution in [-0.2, 0) is 35.8 Å². The van der Waals surface area contributed by atoms with Crippen molar-refractivity contribution in [2.45, 2.75) is 73.9 Å². The Labute approximate surface area is 294 Å². The van der Waals surface area contributed by atoms with E-state index in [9.17, 15) is 52.7 Å². The second-order valence-corrected chi connectivity index (χ2v) is 12.5. The predicted molar refractivity (Wildman–Crippen MR) is 176 cm³/mol. The van der Waals surface area contributed by atoms with Crippen molar-refractivity contribution in [3.63, 3.8) is 0 Å². The molecule has 0 spiro atoms. The van der Waals surface area contributed by atoms with E-state index in [1.165, 1.54) is 48.5 Å². The lowest BCUT2D eigenvalue weighted by Gasteiger charge is -2.32. The lowest BCUT2D eigenvalue weighted by Crippen LogP contribution is -2.39. The predicted octanol–water partition coefficient (Wildman–Crippen LogP) is 10.7. The SMILES string of the molecule is NC(C[B]CCCC[B]CC(N)(c1ccc(C(F)(F)F)cc1)c1ccc(C(F)(F)F)cc1)(c1ccc(C(F)(F)F)cc1)c1ccc(C(F)(F)F)cc1. The van der Waals surface area contributed by atoms with E-state index in [2.05, 4.69) is 0 Å². The number of unbranched alkanes of at least 4 members (excludes halogenated alkanes) is 1. The molecule has 4 N–H and O–H groups in total. The monoisotopic (exact) mass is 742 g/mol. The van der Waals surface area contributed by atoms with Gasteiger partial charge in [-0.15, -0.1) is 0 Å². The molecule has 2 nitrogen and oxygen atoms in total. The maximum atomic E-state index is 13.2. The van der Waals surface area contributed by atoms with Crippen molar-refractivity contribution >= 4 is 14.6 Å². The van der Waals surface area contributed by atoms with Crippen LogP contribution in [0.2, 0.25) is 25.3 Å². The average molecular weight is 742 g/mol. The molecule has 52 heavy (non-hydrogen) atoms. The van der Waals surface area contributed by atoms with E-state index in [0.29, 0.717) is 25.5 Å². The van der Waals surface area contributed by atoms with Gasteiger partial charge in [0.2, 0.25) is 0 Å². The van der Waals surface area contributed by atoms with Gasteiger partial charge in [-0.05, 0) is 70.8 Å². The van der Waals surface area contributed by atoms with E-state index < -0.39 is 58.0 Å². The van der Waals surface area contributed by atoms with E-state index in [-0.39, 0.29) is 34.9 Å². The lowest BCUT2D eigenvalue weighted by molar-refractivity contribution is -0.138. The Morgan fingerprint density at radius 3 is 0.673 bits per heavy atom. The van der Waals surface area contributed by atoms with E-state index in [1.54, 1.807) is 14.6 Å². The molecule has 0 unspecified atom stereocenters. The Balaban J connectivity index is 1.41. The van der Waals surface area contributed by atoms with Gasteiger partial charge in [0.05, 0.1) is 33.3 Å². The summed E-state index contributed by atoms with van der Waals surface area (Å²) < 4.78 is 158. The molecular formula is C36H32B2F12N2. The van der Waals surface area contributed by atoms with Crippen molar-refractivity contribution in [3.05, 3.63) is 142 Å². The summed E-state index contributed by atoms with van der Waals surface area (Å²) in [5.41, 5.74) is 7.89. The minimum atomic E-state index is -4.60. The fourth-order valence-electron chi connectivity index (χ4n) is 5.87. The molecule has 276 valence electrons. The van der Waals surface area contributed by atoms with Gasteiger partial charge < -0.3 is 11.5 Å². The summed E-state index contributed by atoms with van der Waals surface area (Å²) >= 11 is 0. The highest BCUT2D eigenvalue weighted by molar-refractivity contribution is 6.36. The molecule has 0 heterocycles. The average Bonchev–Trinajstić information content (AvgIpc) is 3.08. The third kappa shape index (κ3) is 9.94. The first kappa shape index (κ1) is 40.9. The molecule has 0 aliphatic carbocycles. The van der Waals surface area contributed by atoms with Crippen LogP contribution in [0.25, 0.3) is 0 Å². The number of rotatable bonds is 13. The minimum Gasteiger partial charge on any atom is -0.318 e. The van der Waals surface area contributed by atoms with Crippen LogP contribution in [0.3, 0.4) is 0 Å². The zero-order valence-electron chi connectivity index (χ0n) is 27.3. The molecule has 0 aliphatic rings. The molecule has 16 heteroatoms. The van der Waals surface area contributed by atoms with Gasteiger partial charge >= 0.3 is 24.7 Å². The van der Waals surface area contributed by atoms with Crippen molar-refractivity contribution in [2.24, 2.45) is 11.5 Å². The summed E-state index contributed by atoms with van der Waals surface area (Å²) in [6.45, 7) is 0. The quantitative estimate of drug-likeness (QED) is 0.0814. The molecule has 0 fully saturated rings. The minimum absolute atomic E-state index is 0.0706. The van der Waals surface area contributed by atoms with Gasteiger partial charge in [0.1, 0.15) is 14.6 Å². The van der Waals surface area contributed by atoms with Gasteiger partial charge in [-0.3, -0.25) is 0 Å². The second kappa shape index (κ2) is 15.6. The molecule has 0 saturated heterocycles. The smallest absolute Gasteiger partial charge is 0.318 e.